The van der Waals surface area contributed by atoms with Crippen molar-refractivity contribution in [2.45, 2.75) is 24.5 Å². The highest BCUT2D eigenvalue weighted by Crippen LogP contribution is 2.51. The van der Waals surface area contributed by atoms with Crippen LogP contribution in [0.3, 0.4) is 0 Å². The lowest BCUT2D eigenvalue weighted by atomic mass is 10.1. The molecule has 0 saturated carbocycles. The Bertz CT molecular complexity index is 865. The fourth-order valence-electron chi connectivity index (χ4n) is 2.40. The number of H-pyrrole nitrogens is 1. The molecule has 24 heavy (non-hydrogen) atoms. The molecule has 14 heteroatoms. The summed E-state index contributed by atoms with van der Waals surface area (Å²) in [5.74, 6) is -0.391. The lowest BCUT2D eigenvalue weighted by Crippen LogP contribution is -2.32. The van der Waals surface area contributed by atoms with Crippen molar-refractivity contribution in [2.24, 2.45) is 0 Å². The van der Waals surface area contributed by atoms with Crippen LogP contribution in [0, 0.1) is 0 Å². The van der Waals surface area contributed by atoms with Crippen molar-refractivity contribution in [1.29, 1.82) is 0 Å². The molecule has 0 amide bonds. The van der Waals surface area contributed by atoms with E-state index in [2.05, 4.69) is 15.0 Å². The molecule has 3 rings (SSSR count). The topological polar surface area (TPSA) is 197 Å². The minimum Gasteiger partial charge on any atom is -0.387 e. The number of hydrogen-bond acceptors (Lipinski definition) is 9. The van der Waals surface area contributed by atoms with Crippen molar-refractivity contribution in [1.82, 2.24) is 19.5 Å². The van der Waals surface area contributed by atoms with Gasteiger partial charge in [0.1, 0.15) is 12.2 Å². The monoisotopic (exact) mass is 379 g/mol. The molecular weight excluding hydrogens is 365 g/mol. The zero-order valence-corrected chi connectivity index (χ0v) is 13.6. The van der Waals surface area contributed by atoms with Crippen molar-refractivity contribution >= 4 is 35.3 Å². The van der Waals surface area contributed by atoms with Crippen molar-refractivity contribution in [3.05, 3.63) is 16.7 Å². The van der Waals surface area contributed by atoms with Crippen LogP contribution >= 0.6 is 18.2 Å². The third kappa shape index (κ3) is 3.19. The number of nitrogen functional groups attached to an aromatic ring is 1. The molecule has 1 aliphatic rings. The lowest BCUT2D eigenvalue weighted by molar-refractivity contribution is -0.0288. The molecule has 0 bridgehead atoms. The van der Waals surface area contributed by atoms with E-state index in [1.807, 2.05) is 0 Å². The van der Waals surface area contributed by atoms with E-state index in [4.69, 9.17) is 20.3 Å². The number of rotatable bonds is 4. The lowest BCUT2D eigenvalue weighted by Gasteiger charge is -2.16. The van der Waals surface area contributed by atoms with E-state index < -0.39 is 36.9 Å². The first-order valence-electron chi connectivity index (χ1n) is 6.61. The molecule has 4 atom stereocenters. The highest BCUT2D eigenvalue weighted by atomic mass is 32.7. The van der Waals surface area contributed by atoms with Gasteiger partial charge < -0.3 is 30.5 Å². The van der Waals surface area contributed by atoms with Gasteiger partial charge in [-0.15, -0.1) is 0 Å². The molecular formula is C10H14N5O7PS. The van der Waals surface area contributed by atoms with Crippen LogP contribution in [0.2, 0.25) is 0 Å². The third-order valence-electron chi connectivity index (χ3n) is 3.47. The highest BCUT2D eigenvalue weighted by Gasteiger charge is 2.45. The predicted octanol–water partition coefficient (Wildman–Crippen LogP) is -1.85. The summed E-state index contributed by atoms with van der Waals surface area (Å²) in [4.78, 5) is 39.6. The number of aliphatic hydroxyl groups excluding tert-OH is 2. The van der Waals surface area contributed by atoms with Gasteiger partial charge in [0.05, 0.1) is 12.4 Å². The first kappa shape index (κ1) is 17.4. The average molecular weight is 379 g/mol. The number of anilines is 1. The third-order valence-corrected chi connectivity index (χ3v) is 5.74. The number of imidazole rings is 1. The number of ether oxygens (including phenoxy) is 1. The number of hydrogen-bond donors (Lipinski definition) is 6. The zero-order chi connectivity index (χ0) is 17.6. The maximum atomic E-state index is 11.8. The van der Waals surface area contributed by atoms with Crippen LogP contribution in [0.25, 0.3) is 11.2 Å². The predicted molar refractivity (Wildman–Crippen MR) is 83.0 cm³/mol. The van der Waals surface area contributed by atoms with Crippen LogP contribution < -0.4 is 11.3 Å². The number of fused-ring (bicyclic) bond motifs is 1. The van der Waals surface area contributed by atoms with Crippen LogP contribution in [0.1, 0.15) is 6.23 Å². The molecule has 0 aromatic carbocycles. The standard InChI is InChI=1S/C10H14N5O7PS/c11-10-13-7-4(8(18)14-10)12-2-15(7)9-6(17)5(16)3(22-9)1-24-23(19,20)21/h2-3,5-6,9,16-17H,1H2,(H2,19,20,21)(H3,11,13,14,18)/t3-,5?,6?,9-/m1/s1. The second-order valence-corrected chi connectivity index (χ2v) is 8.88. The summed E-state index contributed by atoms with van der Waals surface area (Å²) in [7, 11) is 0. The average Bonchev–Trinajstić information content (AvgIpc) is 3.00. The minimum atomic E-state index is -4.35. The van der Waals surface area contributed by atoms with E-state index in [1.165, 1.54) is 10.9 Å². The molecule has 2 aromatic rings. The fraction of sp³-hybridized carbons (Fsp3) is 0.500. The van der Waals surface area contributed by atoms with Crippen LogP contribution in [0.4, 0.5) is 5.95 Å². The number of nitrogens with zero attached hydrogens (tertiary/aromatic N) is 3. The first-order valence-corrected chi connectivity index (χ1v) is 9.81. The number of nitrogens with one attached hydrogen (secondary N) is 1. The number of nitrogens with two attached hydrogens (primary N) is 1. The number of aromatic nitrogens is 4. The summed E-state index contributed by atoms with van der Waals surface area (Å²) in [6.07, 6.45) is -3.76. The van der Waals surface area contributed by atoms with Crippen LogP contribution in [-0.4, -0.2) is 63.6 Å². The molecule has 1 fully saturated rings. The van der Waals surface area contributed by atoms with Gasteiger partial charge in [-0.3, -0.25) is 14.3 Å². The molecule has 2 aromatic heterocycles. The van der Waals surface area contributed by atoms with Crippen LogP contribution in [0.15, 0.2) is 11.1 Å². The smallest absolute Gasteiger partial charge is 0.384 e. The normalized spacial score (nSPS) is 27.8. The zero-order valence-electron chi connectivity index (χ0n) is 11.9. The van der Waals surface area contributed by atoms with Crippen molar-refractivity contribution in [3.8, 4) is 0 Å². The van der Waals surface area contributed by atoms with Crippen molar-refractivity contribution in [3.63, 3.8) is 0 Å². The van der Waals surface area contributed by atoms with Crippen LogP contribution in [0.5, 0.6) is 0 Å². The summed E-state index contributed by atoms with van der Waals surface area (Å²) in [5.41, 5.74) is 4.94. The van der Waals surface area contributed by atoms with Crippen molar-refractivity contribution in [2.75, 3.05) is 11.5 Å². The summed E-state index contributed by atoms with van der Waals surface area (Å²) in [6, 6.07) is 0. The molecule has 0 spiro atoms. The van der Waals surface area contributed by atoms with E-state index in [0.29, 0.717) is 11.4 Å². The van der Waals surface area contributed by atoms with Gasteiger partial charge in [0.25, 0.3) is 5.56 Å². The van der Waals surface area contributed by atoms with Gasteiger partial charge >= 0.3 is 6.80 Å². The Labute approximate surface area is 137 Å². The van der Waals surface area contributed by atoms with Gasteiger partial charge in [0.15, 0.2) is 17.4 Å². The number of aliphatic hydroxyl groups is 2. The molecule has 2 unspecified atom stereocenters. The molecule has 1 aliphatic heterocycles. The summed E-state index contributed by atoms with van der Waals surface area (Å²) in [6.45, 7) is -4.35. The van der Waals surface area contributed by atoms with E-state index in [0.717, 1.165) is 0 Å². The van der Waals surface area contributed by atoms with Crippen LogP contribution in [-0.2, 0) is 9.30 Å². The quantitative estimate of drug-likeness (QED) is 0.326. The van der Waals surface area contributed by atoms with E-state index >= 15 is 0 Å². The Hall–Kier alpha value is -1.47. The Morgan fingerprint density at radius 3 is 2.79 bits per heavy atom. The maximum Gasteiger partial charge on any atom is 0.384 e. The maximum absolute atomic E-state index is 11.8. The van der Waals surface area contributed by atoms with Gasteiger partial charge in [0.2, 0.25) is 5.95 Å². The second kappa shape index (κ2) is 6.11. The molecule has 12 nitrogen and oxygen atoms in total. The molecule has 132 valence electrons. The van der Waals surface area contributed by atoms with Crippen molar-refractivity contribution < 1.29 is 29.3 Å². The van der Waals surface area contributed by atoms with Gasteiger partial charge in [-0.2, -0.15) is 4.98 Å². The SMILES string of the molecule is Nc1nc2c(ncn2[C@@H]2O[C@H](CSP(=O)(O)O)C(O)C2O)c(=O)[nH]1. The van der Waals surface area contributed by atoms with Gasteiger partial charge in [-0.05, 0) is 11.4 Å². The Morgan fingerprint density at radius 2 is 2.12 bits per heavy atom. The largest absolute Gasteiger partial charge is 0.387 e. The van der Waals surface area contributed by atoms with Gasteiger partial charge in [0, 0.05) is 5.75 Å². The van der Waals surface area contributed by atoms with E-state index in [9.17, 15) is 19.6 Å². The van der Waals surface area contributed by atoms with Gasteiger partial charge in [-0.1, -0.05) is 0 Å². The molecule has 3 heterocycles. The summed E-state index contributed by atoms with van der Waals surface area (Å²) >= 11 is 0.299. The Kier molecular flexibility index (Phi) is 4.42. The Balaban J connectivity index is 1.90. The first-order chi connectivity index (χ1) is 11.2. The summed E-state index contributed by atoms with van der Waals surface area (Å²) < 4.78 is 17.6. The molecule has 0 radical (unpaired) electrons. The number of aromatic amines is 1. The minimum absolute atomic E-state index is 0.0254. The van der Waals surface area contributed by atoms with Gasteiger partial charge in [-0.25, -0.2) is 9.55 Å². The highest BCUT2D eigenvalue weighted by molar-refractivity contribution is 8.54. The summed E-state index contributed by atoms with van der Waals surface area (Å²) in [5, 5.41) is 20.2. The van der Waals surface area contributed by atoms with E-state index in [1.54, 1.807) is 0 Å². The fourth-order valence-corrected chi connectivity index (χ4v) is 4.04. The molecule has 0 aliphatic carbocycles. The Morgan fingerprint density at radius 1 is 1.42 bits per heavy atom. The molecule has 1 saturated heterocycles. The molecule has 7 N–H and O–H groups in total. The second-order valence-electron chi connectivity index (χ2n) is 5.11. The van der Waals surface area contributed by atoms with E-state index in [-0.39, 0.29) is 22.9 Å².